The Balaban J connectivity index is 2.33. The summed E-state index contributed by atoms with van der Waals surface area (Å²) in [5, 5.41) is 11.6. The molecule has 1 amide bonds. The Morgan fingerprint density at radius 2 is 1.73 bits per heavy atom. The largest absolute Gasteiger partial charge is 0.493 e. The summed E-state index contributed by atoms with van der Waals surface area (Å²) in [5.74, 6) is -0.570. The minimum Gasteiger partial charge on any atom is -0.493 e. The van der Waals surface area contributed by atoms with Gasteiger partial charge in [0.15, 0.2) is 23.0 Å². The van der Waals surface area contributed by atoms with Crippen LogP contribution in [-0.4, -0.2) is 63.9 Å². The molecule has 180 valence electrons. The van der Waals surface area contributed by atoms with Gasteiger partial charge in [0.1, 0.15) is 12.2 Å². The van der Waals surface area contributed by atoms with Gasteiger partial charge >= 0.3 is 6.61 Å². The molecule has 0 aliphatic carbocycles. The highest BCUT2D eigenvalue weighted by Crippen LogP contribution is 2.36. The normalized spacial score (nSPS) is 10.6. The van der Waals surface area contributed by atoms with Crippen molar-refractivity contribution in [2.45, 2.75) is 13.2 Å². The van der Waals surface area contributed by atoms with Gasteiger partial charge in [0, 0.05) is 26.8 Å². The van der Waals surface area contributed by atoms with E-state index >= 15 is 0 Å². The third kappa shape index (κ3) is 6.65. The molecule has 0 spiro atoms. The van der Waals surface area contributed by atoms with Gasteiger partial charge in [0.05, 0.1) is 31.8 Å². The Bertz CT molecular complexity index is 987. The topological polar surface area (TPSA) is 110 Å². The van der Waals surface area contributed by atoms with Crippen LogP contribution in [-0.2, 0) is 11.3 Å². The van der Waals surface area contributed by atoms with Crippen molar-refractivity contribution in [3.8, 4) is 23.0 Å². The van der Waals surface area contributed by atoms with E-state index in [1.54, 1.807) is 6.07 Å². The number of nitrogens with zero attached hydrogens (tertiary/aromatic N) is 2. The molecule has 0 saturated carbocycles. The number of halogens is 2. The van der Waals surface area contributed by atoms with Crippen molar-refractivity contribution in [3.63, 3.8) is 0 Å². The lowest BCUT2D eigenvalue weighted by Gasteiger charge is -2.19. The Kier molecular flexibility index (Phi) is 9.16. The summed E-state index contributed by atoms with van der Waals surface area (Å²) in [7, 11) is 5.54. The van der Waals surface area contributed by atoms with E-state index in [1.165, 1.54) is 51.5 Å². The van der Waals surface area contributed by atoms with Gasteiger partial charge in [0.25, 0.3) is 11.6 Å². The van der Waals surface area contributed by atoms with E-state index in [2.05, 4.69) is 4.74 Å². The van der Waals surface area contributed by atoms with Crippen LogP contribution in [0.2, 0.25) is 0 Å². The summed E-state index contributed by atoms with van der Waals surface area (Å²) in [6.45, 7) is -2.74. The number of carbonyl (C=O) groups excluding carboxylic acids is 1. The van der Waals surface area contributed by atoms with Gasteiger partial charge < -0.3 is 28.6 Å². The summed E-state index contributed by atoms with van der Waals surface area (Å²) >= 11 is 0. The maximum Gasteiger partial charge on any atom is 0.387 e. The van der Waals surface area contributed by atoms with Gasteiger partial charge in [-0.25, -0.2) is 0 Å². The van der Waals surface area contributed by atoms with Crippen molar-refractivity contribution in [1.82, 2.24) is 4.90 Å². The summed E-state index contributed by atoms with van der Waals surface area (Å²) in [6.07, 6.45) is 0. The summed E-state index contributed by atoms with van der Waals surface area (Å²) < 4.78 is 50.3. The number of alkyl halides is 2. The Morgan fingerprint density at radius 1 is 1.03 bits per heavy atom. The Labute approximate surface area is 188 Å². The number of methoxy groups -OCH3 is 3. The lowest BCUT2D eigenvalue weighted by molar-refractivity contribution is -0.385. The third-order valence-electron chi connectivity index (χ3n) is 4.46. The molecule has 0 fully saturated rings. The molecular weight excluding hydrogens is 446 g/mol. The van der Waals surface area contributed by atoms with Gasteiger partial charge in [-0.3, -0.25) is 14.9 Å². The van der Waals surface area contributed by atoms with E-state index in [1.807, 2.05) is 0 Å². The first-order valence-corrected chi connectivity index (χ1v) is 9.57. The maximum atomic E-state index is 13.0. The van der Waals surface area contributed by atoms with Crippen molar-refractivity contribution in [1.29, 1.82) is 0 Å². The fourth-order valence-electron chi connectivity index (χ4n) is 2.94. The minimum absolute atomic E-state index is 0.0476. The van der Waals surface area contributed by atoms with Crippen LogP contribution in [0.5, 0.6) is 23.0 Å². The van der Waals surface area contributed by atoms with Crippen molar-refractivity contribution in [3.05, 3.63) is 51.6 Å². The average molecular weight is 470 g/mol. The lowest BCUT2D eigenvalue weighted by Crippen LogP contribution is -2.27. The maximum absolute atomic E-state index is 13.0. The zero-order chi connectivity index (χ0) is 24.5. The van der Waals surface area contributed by atoms with E-state index in [-0.39, 0.29) is 48.3 Å². The van der Waals surface area contributed by atoms with Gasteiger partial charge in [0.2, 0.25) is 0 Å². The highest BCUT2D eigenvalue weighted by molar-refractivity contribution is 5.99. The SMILES string of the molecule is COCCOc1cc([N+](=O)[O-])c(C(=O)N(C)Cc2ccc(OC)c(OC(F)F)c2)cc1OC. The molecular formula is C21H24F2N2O8. The number of hydrogen-bond donors (Lipinski definition) is 0. The molecule has 0 aliphatic heterocycles. The zero-order valence-corrected chi connectivity index (χ0v) is 18.5. The first-order valence-electron chi connectivity index (χ1n) is 9.57. The van der Waals surface area contributed by atoms with E-state index in [9.17, 15) is 23.7 Å². The van der Waals surface area contributed by atoms with Gasteiger partial charge in [-0.2, -0.15) is 8.78 Å². The van der Waals surface area contributed by atoms with Crippen LogP contribution < -0.4 is 18.9 Å². The van der Waals surface area contributed by atoms with E-state index < -0.39 is 23.1 Å². The molecule has 12 heteroatoms. The molecule has 2 aromatic carbocycles. The Morgan fingerprint density at radius 3 is 2.30 bits per heavy atom. The van der Waals surface area contributed by atoms with Crippen molar-refractivity contribution in [2.75, 3.05) is 41.6 Å². The second-order valence-electron chi connectivity index (χ2n) is 6.64. The van der Waals surface area contributed by atoms with E-state index in [0.717, 1.165) is 6.07 Å². The summed E-state index contributed by atoms with van der Waals surface area (Å²) in [6, 6.07) is 6.61. The molecule has 0 atom stereocenters. The van der Waals surface area contributed by atoms with E-state index in [4.69, 9.17) is 18.9 Å². The van der Waals surface area contributed by atoms with Crippen LogP contribution in [0.25, 0.3) is 0 Å². The molecule has 10 nitrogen and oxygen atoms in total. The van der Waals surface area contributed by atoms with Crippen molar-refractivity contribution < 1.29 is 42.2 Å². The highest BCUT2D eigenvalue weighted by atomic mass is 19.3. The fraction of sp³-hybridized carbons (Fsp3) is 0.381. The monoisotopic (exact) mass is 470 g/mol. The van der Waals surface area contributed by atoms with Crippen LogP contribution in [0.3, 0.4) is 0 Å². The molecule has 0 radical (unpaired) electrons. The predicted octanol–water partition coefficient (Wildman–Crippen LogP) is 3.51. The number of rotatable bonds is 12. The number of nitro benzene ring substituents is 1. The van der Waals surface area contributed by atoms with E-state index in [0.29, 0.717) is 5.56 Å². The molecule has 0 saturated heterocycles. The molecule has 0 bridgehead atoms. The number of amides is 1. The van der Waals surface area contributed by atoms with Crippen LogP contribution in [0.15, 0.2) is 30.3 Å². The van der Waals surface area contributed by atoms with Gasteiger partial charge in [-0.1, -0.05) is 6.07 Å². The van der Waals surface area contributed by atoms with Gasteiger partial charge in [-0.05, 0) is 17.7 Å². The molecule has 0 N–H and O–H groups in total. The molecule has 2 aromatic rings. The average Bonchev–Trinajstić information content (AvgIpc) is 2.78. The minimum atomic E-state index is -3.06. The van der Waals surface area contributed by atoms with Crippen LogP contribution >= 0.6 is 0 Å². The second-order valence-corrected chi connectivity index (χ2v) is 6.64. The zero-order valence-electron chi connectivity index (χ0n) is 18.5. The quantitative estimate of drug-likeness (QED) is 0.263. The smallest absolute Gasteiger partial charge is 0.387 e. The number of carbonyl (C=O) groups is 1. The third-order valence-corrected chi connectivity index (χ3v) is 4.46. The lowest BCUT2D eigenvalue weighted by atomic mass is 10.1. The number of ether oxygens (including phenoxy) is 5. The molecule has 0 heterocycles. The highest BCUT2D eigenvalue weighted by Gasteiger charge is 2.27. The second kappa shape index (κ2) is 11.8. The predicted molar refractivity (Wildman–Crippen MR) is 112 cm³/mol. The fourth-order valence-corrected chi connectivity index (χ4v) is 2.94. The molecule has 0 aromatic heterocycles. The van der Waals surface area contributed by atoms with Crippen molar-refractivity contribution >= 4 is 11.6 Å². The molecule has 33 heavy (non-hydrogen) atoms. The molecule has 0 aliphatic rings. The Hall–Kier alpha value is -3.67. The van der Waals surface area contributed by atoms with Crippen LogP contribution in [0, 0.1) is 10.1 Å². The molecule has 2 rings (SSSR count). The standard InChI is InChI=1S/C21H24F2N2O8/c1-24(12-13-5-6-16(30-3)19(9-13)33-21(22)23)20(26)14-10-17(31-4)18(32-8-7-29-2)11-15(14)25(27)28/h5-6,9-11,21H,7-8,12H2,1-4H3. The van der Waals surface area contributed by atoms with Crippen molar-refractivity contribution in [2.24, 2.45) is 0 Å². The van der Waals surface area contributed by atoms with Crippen LogP contribution in [0.4, 0.5) is 14.5 Å². The first-order chi connectivity index (χ1) is 15.7. The number of hydrogen-bond acceptors (Lipinski definition) is 8. The number of benzene rings is 2. The summed E-state index contributed by atoms with van der Waals surface area (Å²) in [4.78, 5) is 25.1. The summed E-state index contributed by atoms with van der Waals surface area (Å²) in [5.41, 5.74) is -0.260. The number of nitro groups is 1. The van der Waals surface area contributed by atoms with Crippen LogP contribution in [0.1, 0.15) is 15.9 Å². The molecule has 0 unspecified atom stereocenters. The first kappa shape index (κ1) is 25.6. The van der Waals surface area contributed by atoms with Gasteiger partial charge in [-0.15, -0.1) is 0 Å².